The van der Waals surface area contributed by atoms with E-state index in [1.165, 1.54) is 4.90 Å². The fraction of sp³-hybridized carbons (Fsp3) is 0.423. The summed E-state index contributed by atoms with van der Waals surface area (Å²) in [5, 5.41) is 12.4. The summed E-state index contributed by atoms with van der Waals surface area (Å²) in [7, 11) is 0. The van der Waals surface area contributed by atoms with Crippen LogP contribution >= 0.6 is 0 Å². The van der Waals surface area contributed by atoms with E-state index in [1.807, 2.05) is 24.3 Å². The van der Waals surface area contributed by atoms with Gasteiger partial charge < -0.3 is 20.1 Å². The Labute approximate surface area is 192 Å². The molecule has 2 aromatic carbocycles. The van der Waals surface area contributed by atoms with Crippen LogP contribution in [0.25, 0.3) is 11.1 Å². The summed E-state index contributed by atoms with van der Waals surface area (Å²) in [6.45, 7) is 2.42. The first-order chi connectivity index (χ1) is 15.9. The molecule has 7 nitrogen and oxygen atoms in total. The molecule has 33 heavy (non-hydrogen) atoms. The largest absolute Gasteiger partial charge is 0.480 e. The first kappa shape index (κ1) is 21.5. The molecule has 2 N–H and O–H groups in total. The molecular weight excluding hydrogens is 420 g/mol. The number of carboxylic acids is 1. The maximum Gasteiger partial charge on any atom is 0.407 e. The van der Waals surface area contributed by atoms with E-state index >= 15 is 0 Å². The van der Waals surface area contributed by atoms with Gasteiger partial charge in [-0.05, 0) is 54.9 Å². The van der Waals surface area contributed by atoms with Crippen molar-refractivity contribution in [2.75, 3.05) is 19.7 Å². The second-order valence-electron chi connectivity index (χ2n) is 9.60. The van der Waals surface area contributed by atoms with E-state index in [4.69, 9.17) is 4.74 Å². The molecule has 1 heterocycles. The zero-order chi connectivity index (χ0) is 23.2. The second kappa shape index (κ2) is 7.90. The molecule has 3 aliphatic rings. The summed E-state index contributed by atoms with van der Waals surface area (Å²) in [5.41, 5.74) is 2.72. The van der Waals surface area contributed by atoms with E-state index in [0.717, 1.165) is 22.3 Å². The van der Waals surface area contributed by atoms with E-state index in [2.05, 4.69) is 29.6 Å². The number of ether oxygens (including phenoxy) is 1. The van der Waals surface area contributed by atoms with Gasteiger partial charge in [-0.15, -0.1) is 0 Å². The van der Waals surface area contributed by atoms with Crippen LogP contribution in [0.2, 0.25) is 0 Å². The molecule has 1 saturated heterocycles. The number of carbonyl (C=O) groups excluding carboxylic acids is 2. The van der Waals surface area contributed by atoms with Crippen LogP contribution in [-0.4, -0.2) is 53.2 Å². The summed E-state index contributed by atoms with van der Waals surface area (Å²) in [6.07, 6.45) is 1.84. The van der Waals surface area contributed by atoms with Crippen LogP contribution in [0.15, 0.2) is 48.5 Å². The number of amides is 2. The number of nitrogens with one attached hydrogen (secondary N) is 1. The van der Waals surface area contributed by atoms with Gasteiger partial charge in [-0.3, -0.25) is 4.79 Å². The Morgan fingerprint density at radius 3 is 2.21 bits per heavy atom. The van der Waals surface area contributed by atoms with Crippen LogP contribution in [0, 0.1) is 5.41 Å². The molecule has 2 fully saturated rings. The van der Waals surface area contributed by atoms with Gasteiger partial charge in [-0.2, -0.15) is 0 Å². The van der Waals surface area contributed by atoms with Gasteiger partial charge in [0, 0.05) is 19.0 Å². The number of hydrogen-bond acceptors (Lipinski definition) is 4. The molecule has 1 aliphatic heterocycles. The fourth-order valence-electron chi connectivity index (χ4n) is 5.31. The van der Waals surface area contributed by atoms with E-state index < -0.39 is 23.0 Å². The maximum atomic E-state index is 13.2. The first-order valence-electron chi connectivity index (χ1n) is 11.5. The lowest BCUT2D eigenvalue weighted by Gasteiger charge is -2.34. The Bertz CT molecular complexity index is 1080. The molecule has 2 amide bonds. The number of aliphatic carboxylic acids is 1. The quantitative estimate of drug-likeness (QED) is 0.701. The lowest BCUT2D eigenvalue weighted by atomic mass is 9.96. The molecule has 2 aromatic rings. The lowest BCUT2D eigenvalue weighted by molar-refractivity contribution is -0.157. The number of benzene rings is 2. The van der Waals surface area contributed by atoms with Crippen LogP contribution in [0.5, 0.6) is 0 Å². The second-order valence-corrected chi connectivity index (χ2v) is 9.60. The monoisotopic (exact) mass is 448 g/mol. The summed E-state index contributed by atoms with van der Waals surface area (Å²) < 4.78 is 5.58. The molecule has 0 spiro atoms. The standard InChI is InChI=1S/C26H28N2O5/c1-25(23(30)31)11-6-14-28(25)22(29)26(12-13-26)16-27-24(32)33-15-21-19-9-4-2-7-17(19)18-8-3-5-10-20(18)21/h2-5,7-10,21H,6,11-16H2,1H3,(H,27,32)(H,30,31)/t25-/m0/s1. The molecule has 1 saturated carbocycles. The highest BCUT2D eigenvalue weighted by atomic mass is 16.5. The Kier molecular flexibility index (Phi) is 5.15. The number of hydrogen-bond donors (Lipinski definition) is 2. The average Bonchev–Trinajstić information content (AvgIpc) is 3.41. The average molecular weight is 449 g/mol. The van der Waals surface area contributed by atoms with Crippen molar-refractivity contribution in [3.63, 3.8) is 0 Å². The molecule has 1 atom stereocenters. The van der Waals surface area contributed by atoms with E-state index in [0.29, 0.717) is 32.2 Å². The van der Waals surface area contributed by atoms with E-state index in [1.54, 1.807) is 6.92 Å². The third kappa shape index (κ3) is 3.56. The van der Waals surface area contributed by atoms with Crippen molar-refractivity contribution >= 4 is 18.0 Å². The zero-order valence-corrected chi connectivity index (χ0v) is 18.7. The van der Waals surface area contributed by atoms with Gasteiger partial charge in [0.15, 0.2) is 0 Å². The van der Waals surface area contributed by atoms with Crippen molar-refractivity contribution in [2.24, 2.45) is 5.41 Å². The van der Waals surface area contributed by atoms with Crippen molar-refractivity contribution in [1.29, 1.82) is 0 Å². The zero-order valence-electron chi connectivity index (χ0n) is 18.7. The molecule has 0 aromatic heterocycles. The van der Waals surface area contributed by atoms with Gasteiger partial charge in [-0.25, -0.2) is 9.59 Å². The minimum absolute atomic E-state index is 0.0273. The van der Waals surface area contributed by atoms with Crippen LogP contribution in [0.1, 0.15) is 49.7 Å². The molecule has 2 aliphatic carbocycles. The molecule has 0 radical (unpaired) electrons. The Balaban J connectivity index is 1.21. The fourth-order valence-corrected chi connectivity index (χ4v) is 5.31. The summed E-state index contributed by atoms with van der Waals surface area (Å²) in [6, 6.07) is 16.3. The predicted octanol–water partition coefficient (Wildman–Crippen LogP) is 3.77. The van der Waals surface area contributed by atoms with Crippen molar-refractivity contribution < 1.29 is 24.2 Å². The predicted molar refractivity (Wildman–Crippen MR) is 122 cm³/mol. The van der Waals surface area contributed by atoms with Crippen LogP contribution in [0.4, 0.5) is 4.79 Å². The number of nitrogens with zero attached hydrogens (tertiary/aromatic N) is 1. The number of rotatable bonds is 6. The number of fused-ring (bicyclic) bond motifs is 3. The lowest BCUT2D eigenvalue weighted by Crippen LogP contribution is -2.54. The maximum absolute atomic E-state index is 13.2. The molecule has 0 bridgehead atoms. The number of alkyl carbamates (subject to hydrolysis) is 1. The number of carbonyl (C=O) groups is 3. The normalized spacial score (nSPS) is 22.4. The summed E-state index contributed by atoms with van der Waals surface area (Å²) in [5.74, 6) is -1.18. The topological polar surface area (TPSA) is 95.9 Å². The molecular formula is C26H28N2O5. The van der Waals surface area contributed by atoms with Crippen molar-refractivity contribution in [3.05, 3.63) is 59.7 Å². The minimum atomic E-state index is -1.17. The molecule has 7 heteroatoms. The number of carboxylic acid groups (broad SMARTS) is 1. The van der Waals surface area contributed by atoms with Crippen molar-refractivity contribution in [2.45, 2.75) is 44.1 Å². The molecule has 172 valence electrons. The van der Waals surface area contributed by atoms with E-state index in [-0.39, 0.29) is 25.0 Å². The first-order valence-corrected chi connectivity index (χ1v) is 11.5. The molecule has 5 rings (SSSR count). The SMILES string of the molecule is C[C@@]1(C(=O)O)CCCN1C(=O)C1(CNC(=O)OCC2c3ccccc3-c3ccccc32)CC1. The molecule has 0 unspecified atom stereocenters. The van der Waals surface area contributed by atoms with Gasteiger partial charge in [0.05, 0.1) is 5.41 Å². The third-order valence-corrected chi connectivity index (χ3v) is 7.57. The van der Waals surface area contributed by atoms with Gasteiger partial charge in [0.25, 0.3) is 0 Å². The highest BCUT2D eigenvalue weighted by Gasteiger charge is 2.57. The van der Waals surface area contributed by atoms with Crippen LogP contribution in [0.3, 0.4) is 0 Å². The summed E-state index contributed by atoms with van der Waals surface area (Å²) in [4.78, 5) is 38.9. The Morgan fingerprint density at radius 2 is 1.64 bits per heavy atom. The highest BCUT2D eigenvalue weighted by Crippen LogP contribution is 2.49. The van der Waals surface area contributed by atoms with Crippen molar-refractivity contribution in [1.82, 2.24) is 10.2 Å². The Morgan fingerprint density at radius 1 is 1.03 bits per heavy atom. The third-order valence-electron chi connectivity index (χ3n) is 7.57. The van der Waals surface area contributed by atoms with Gasteiger partial charge in [0.1, 0.15) is 12.1 Å². The van der Waals surface area contributed by atoms with Gasteiger partial charge in [0.2, 0.25) is 5.91 Å². The van der Waals surface area contributed by atoms with Gasteiger partial charge >= 0.3 is 12.1 Å². The number of likely N-dealkylation sites (tertiary alicyclic amines) is 1. The van der Waals surface area contributed by atoms with Gasteiger partial charge in [-0.1, -0.05) is 48.5 Å². The van der Waals surface area contributed by atoms with Crippen LogP contribution in [-0.2, 0) is 14.3 Å². The van der Waals surface area contributed by atoms with Crippen LogP contribution < -0.4 is 5.32 Å². The highest BCUT2D eigenvalue weighted by molar-refractivity contribution is 5.92. The van der Waals surface area contributed by atoms with Crippen molar-refractivity contribution in [3.8, 4) is 11.1 Å². The van der Waals surface area contributed by atoms with E-state index in [9.17, 15) is 19.5 Å². The minimum Gasteiger partial charge on any atom is -0.480 e. The smallest absolute Gasteiger partial charge is 0.407 e. The summed E-state index contributed by atoms with van der Waals surface area (Å²) >= 11 is 0. The Hall–Kier alpha value is -3.35.